The molecular weight excluding hydrogens is 337 g/mol. The second kappa shape index (κ2) is 6.34. The molecule has 1 aromatic carbocycles. The second-order valence-electron chi connectivity index (χ2n) is 5.14. The van der Waals surface area contributed by atoms with Crippen LogP contribution < -0.4 is 5.32 Å². The van der Waals surface area contributed by atoms with Gasteiger partial charge in [-0.15, -0.1) is 0 Å². The van der Waals surface area contributed by atoms with Crippen LogP contribution in [0.25, 0.3) is 22.8 Å². The number of halogens is 3. The summed E-state index contributed by atoms with van der Waals surface area (Å²) in [6, 6.07) is 6.34. The van der Waals surface area contributed by atoms with Gasteiger partial charge < -0.3 is 9.84 Å². The van der Waals surface area contributed by atoms with Crippen LogP contribution in [0.3, 0.4) is 0 Å². The number of rotatable bonds is 3. The third-order valence-electron chi connectivity index (χ3n) is 3.19. The number of amides is 1. The average molecular weight is 348 g/mol. The Balaban J connectivity index is 2.04. The van der Waals surface area contributed by atoms with Crippen molar-refractivity contribution in [2.45, 2.75) is 13.1 Å². The van der Waals surface area contributed by atoms with E-state index in [1.807, 2.05) is 0 Å². The van der Waals surface area contributed by atoms with E-state index in [2.05, 4.69) is 20.4 Å². The smallest absolute Gasteiger partial charge is 0.334 e. The quantitative estimate of drug-likeness (QED) is 0.779. The number of nitrogens with one attached hydrogen (secondary N) is 1. The van der Waals surface area contributed by atoms with Gasteiger partial charge in [-0.3, -0.25) is 9.78 Å². The monoisotopic (exact) mass is 348 g/mol. The minimum absolute atomic E-state index is 0.0130. The Labute approximate surface area is 139 Å². The number of hydrogen-bond acceptors (Lipinski definition) is 5. The van der Waals surface area contributed by atoms with E-state index in [4.69, 9.17) is 4.52 Å². The summed E-state index contributed by atoms with van der Waals surface area (Å²) < 4.78 is 44.3. The summed E-state index contributed by atoms with van der Waals surface area (Å²) >= 11 is 0. The number of alkyl halides is 3. The number of benzene rings is 1. The van der Waals surface area contributed by atoms with Crippen molar-refractivity contribution in [1.29, 1.82) is 0 Å². The van der Waals surface area contributed by atoms with E-state index in [1.165, 1.54) is 25.4 Å². The Bertz CT molecular complexity index is 907. The molecule has 128 valence electrons. The highest BCUT2D eigenvalue weighted by Crippen LogP contribution is 2.35. The first-order valence-corrected chi connectivity index (χ1v) is 7.07. The van der Waals surface area contributed by atoms with E-state index in [9.17, 15) is 18.0 Å². The van der Waals surface area contributed by atoms with Crippen molar-refractivity contribution < 1.29 is 22.5 Å². The Kier molecular flexibility index (Phi) is 4.22. The number of carbonyl (C=O) groups is 1. The van der Waals surface area contributed by atoms with Crippen molar-refractivity contribution in [1.82, 2.24) is 15.1 Å². The summed E-state index contributed by atoms with van der Waals surface area (Å²) in [5.41, 5.74) is -0.288. The Morgan fingerprint density at radius 1 is 1.12 bits per heavy atom. The average Bonchev–Trinajstić information content (AvgIpc) is 3.04. The minimum Gasteiger partial charge on any atom is -0.334 e. The molecule has 2 heterocycles. The lowest BCUT2D eigenvalue weighted by Gasteiger charge is -2.11. The highest BCUT2D eigenvalue weighted by molar-refractivity contribution is 5.89. The van der Waals surface area contributed by atoms with Gasteiger partial charge in [-0.25, -0.2) is 0 Å². The molecule has 0 radical (unpaired) electrons. The standard InChI is InChI=1S/C16H11F3N4O2/c1-9(24)21-13-7-11(6-12(8-13)16(17,18)19)15-22-14(23-25-15)10-2-4-20-5-3-10/h2-8H,1H3,(H,21,24). The SMILES string of the molecule is CC(=O)Nc1cc(-c2nc(-c3ccncc3)no2)cc(C(F)(F)F)c1. The fraction of sp³-hybridized carbons (Fsp3) is 0.125. The topological polar surface area (TPSA) is 80.9 Å². The van der Waals surface area contributed by atoms with Gasteiger partial charge in [-0.2, -0.15) is 18.2 Å². The molecule has 0 aliphatic rings. The number of hydrogen-bond donors (Lipinski definition) is 1. The molecule has 0 fully saturated rings. The van der Waals surface area contributed by atoms with Crippen LogP contribution in [0.2, 0.25) is 0 Å². The first kappa shape index (κ1) is 16.6. The van der Waals surface area contributed by atoms with Crippen LogP contribution in [0.5, 0.6) is 0 Å². The van der Waals surface area contributed by atoms with Gasteiger partial charge in [0.15, 0.2) is 0 Å². The zero-order chi connectivity index (χ0) is 18.0. The number of aromatic nitrogens is 3. The van der Waals surface area contributed by atoms with Crippen molar-refractivity contribution in [3.05, 3.63) is 48.3 Å². The van der Waals surface area contributed by atoms with Gasteiger partial charge in [0.05, 0.1) is 5.56 Å². The van der Waals surface area contributed by atoms with Gasteiger partial charge in [0.25, 0.3) is 5.89 Å². The van der Waals surface area contributed by atoms with E-state index < -0.39 is 17.6 Å². The molecule has 2 aromatic heterocycles. The van der Waals surface area contributed by atoms with Crippen molar-refractivity contribution in [3.8, 4) is 22.8 Å². The van der Waals surface area contributed by atoms with Crippen molar-refractivity contribution >= 4 is 11.6 Å². The van der Waals surface area contributed by atoms with E-state index in [0.717, 1.165) is 12.1 Å². The summed E-state index contributed by atoms with van der Waals surface area (Å²) in [7, 11) is 0. The van der Waals surface area contributed by atoms with Crippen molar-refractivity contribution in [2.24, 2.45) is 0 Å². The third kappa shape index (κ3) is 3.82. The predicted molar refractivity (Wildman–Crippen MR) is 82.3 cm³/mol. The molecule has 0 saturated carbocycles. The zero-order valence-corrected chi connectivity index (χ0v) is 12.8. The Hall–Kier alpha value is -3.23. The summed E-state index contributed by atoms with van der Waals surface area (Å²) in [6.07, 6.45) is -1.52. The Morgan fingerprint density at radius 3 is 2.48 bits per heavy atom. The molecule has 9 heteroatoms. The van der Waals surface area contributed by atoms with E-state index in [1.54, 1.807) is 12.1 Å². The molecule has 6 nitrogen and oxygen atoms in total. The van der Waals surface area contributed by atoms with Gasteiger partial charge in [0.1, 0.15) is 0 Å². The Morgan fingerprint density at radius 2 is 1.84 bits per heavy atom. The van der Waals surface area contributed by atoms with Gasteiger partial charge in [-0.1, -0.05) is 5.16 Å². The fourth-order valence-electron chi connectivity index (χ4n) is 2.15. The molecule has 0 unspecified atom stereocenters. The molecule has 0 aliphatic carbocycles. The molecule has 0 aliphatic heterocycles. The van der Waals surface area contributed by atoms with Crippen molar-refractivity contribution in [2.75, 3.05) is 5.32 Å². The van der Waals surface area contributed by atoms with Crippen molar-refractivity contribution in [3.63, 3.8) is 0 Å². The third-order valence-corrected chi connectivity index (χ3v) is 3.19. The van der Waals surface area contributed by atoms with Crippen LogP contribution in [-0.4, -0.2) is 21.0 Å². The maximum absolute atomic E-state index is 13.1. The number of pyridine rings is 1. The van der Waals surface area contributed by atoms with Gasteiger partial charge in [-0.05, 0) is 30.3 Å². The van der Waals surface area contributed by atoms with Crippen LogP contribution in [-0.2, 0) is 11.0 Å². The number of carbonyl (C=O) groups excluding carboxylic acids is 1. The molecule has 0 atom stereocenters. The van der Waals surface area contributed by atoms with E-state index in [-0.39, 0.29) is 23.0 Å². The highest BCUT2D eigenvalue weighted by Gasteiger charge is 2.32. The van der Waals surface area contributed by atoms with Crippen LogP contribution >= 0.6 is 0 Å². The zero-order valence-electron chi connectivity index (χ0n) is 12.8. The van der Waals surface area contributed by atoms with Gasteiger partial charge in [0, 0.05) is 36.1 Å². The largest absolute Gasteiger partial charge is 0.416 e. The van der Waals surface area contributed by atoms with E-state index in [0.29, 0.717) is 5.56 Å². The molecule has 1 N–H and O–H groups in total. The maximum atomic E-state index is 13.1. The minimum atomic E-state index is -4.59. The summed E-state index contributed by atoms with van der Waals surface area (Å²) in [6.45, 7) is 1.20. The second-order valence-corrected chi connectivity index (χ2v) is 5.14. The highest BCUT2D eigenvalue weighted by atomic mass is 19.4. The molecular formula is C16H11F3N4O2. The summed E-state index contributed by atoms with van der Waals surface area (Å²) in [5.74, 6) is -0.367. The van der Waals surface area contributed by atoms with Gasteiger partial charge >= 0.3 is 6.18 Å². The molecule has 0 saturated heterocycles. The summed E-state index contributed by atoms with van der Waals surface area (Å²) in [5, 5.41) is 6.09. The van der Waals surface area contributed by atoms with Crippen LogP contribution in [0.1, 0.15) is 12.5 Å². The molecule has 0 bridgehead atoms. The van der Waals surface area contributed by atoms with Crippen LogP contribution in [0, 0.1) is 0 Å². The summed E-state index contributed by atoms with van der Waals surface area (Å²) in [4.78, 5) is 19.1. The molecule has 25 heavy (non-hydrogen) atoms. The molecule has 0 spiro atoms. The van der Waals surface area contributed by atoms with Crippen LogP contribution in [0.4, 0.5) is 18.9 Å². The normalized spacial score (nSPS) is 11.4. The molecule has 3 rings (SSSR count). The first-order valence-electron chi connectivity index (χ1n) is 7.07. The van der Waals surface area contributed by atoms with Crippen LogP contribution in [0.15, 0.2) is 47.2 Å². The van der Waals surface area contributed by atoms with Gasteiger partial charge in [0.2, 0.25) is 11.7 Å². The molecule has 3 aromatic rings. The predicted octanol–water partition coefficient (Wildman–Crippen LogP) is 3.78. The number of nitrogens with zero attached hydrogens (tertiary/aromatic N) is 3. The van der Waals surface area contributed by atoms with E-state index >= 15 is 0 Å². The lowest BCUT2D eigenvalue weighted by atomic mass is 10.1. The first-order chi connectivity index (χ1) is 11.8. The maximum Gasteiger partial charge on any atom is 0.416 e. The molecule has 1 amide bonds. The lowest BCUT2D eigenvalue weighted by molar-refractivity contribution is -0.137. The lowest BCUT2D eigenvalue weighted by Crippen LogP contribution is -2.10. The number of anilines is 1. The fourth-order valence-corrected chi connectivity index (χ4v) is 2.15.